The molecule has 1 rings (SSSR count). The van der Waals surface area contributed by atoms with E-state index in [1.54, 1.807) is 0 Å². The molecule has 0 aliphatic heterocycles. The van der Waals surface area contributed by atoms with Crippen LogP contribution in [0.15, 0.2) is 24.3 Å². The number of unbranched alkanes of at least 4 members (excludes halogenated alkanes) is 1. The van der Waals surface area contributed by atoms with Crippen molar-refractivity contribution in [1.29, 1.82) is 0 Å². The van der Waals surface area contributed by atoms with Gasteiger partial charge in [0.1, 0.15) is 0 Å². The average molecular weight is 516 g/mol. The fourth-order valence-corrected chi connectivity index (χ4v) is 29.3. The molecule has 0 bridgehead atoms. The van der Waals surface area contributed by atoms with Crippen LogP contribution in [0.25, 0.3) is 0 Å². The van der Waals surface area contributed by atoms with Gasteiger partial charge < -0.3 is 0 Å². The quantitative estimate of drug-likeness (QED) is 0.305. The Morgan fingerprint density at radius 3 is 1.28 bits per heavy atom. The molecular formula is C21H43HfN3. The van der Waals surface area contributed by atoms with Crippen LogP contribution in [0.2, 0.25) is 3.17 Å². The van der Waals surface area contributed by atoms with Crippen molar-refractivity contribution < 1.29 is 20.8 Å². The SMILES string of the molecule is CCCC[C]1([Hf]([N](CC)CC)([N](CC)CC)[N](CC)CC)C=CC=C1. The van der Waals surface area contributed by atoms with Crippen molar-refractivity contribution in [3.8, 4) is 0 Å². The summed E-state index contributed by atoms with van der Waals surface area (Å²) in [5.41, 5.74) is 0. The molecule has 0 amide bonds. The average Bonchev–Trinajstić information content (AvgIpc) is 3.12. The molecule has 25 heavy (non-hydrogen) atoms. The number of hydrogen-bond donors (Lipinski definition) is 0. The van der Waals surface area contributed by atoms with Gasteiger partial charge in [0.15, 0.2) is 0 Å². The van der Waals surface area contributed by atoms with Crippen molar-refractivity contribution in [1.82, 2.24) is 8.66 Å². The van der Waals surface area contributed by atoms with Crippen molar-refractivity contribution in [3.05, 3.63) is 24.3 Å². The Hall–Kier alpha value is 0.230. The molecule has 0 radical (unpaired) electrons. The second-order valence-corrected chi connectivity index (χ2v) is 21.7. The van der Waals surface area contributed by atoms with Crippen LogP contribution in [0.4, 0.5) is 0 Å². The van der Waals surface area contributed by atoms with Gasteiger partial charge in [0.2, 0.25) is 0 Å². The normalized spacial score (nSPS) is 16.7. The molecule has 0 saturated carbocycles. The van der Waals surface area contributed by atoms with E-state index in [9.17, 15) is 0 Å². The minimum atomic E-state index is -3.32. The molecule has 0 fully saturated rings. The van der Waals surface area contributed by atoms with E-state index < -0.39 is 20.8 Å². The van der Waals surface area contributed by atoms with Crippen molar-refractivity contribution in [2.75, 3.05) is 39.3 Å². The minimum absolute atomic E-state index is 0.271. The first-order valence-electron chi connectivity index (χ1n) is 10.7. The fraction of sp³-hybridized carbons (Fsp3) is 0.810. The Balaban J connectivity index is 3.71. The number of nitrogens with zero attached hydrogens (tertiary/aromatic N) is 3. The Labute approximate surface area is 163 Å². The predicted molar refractivity (Wildman–Crippen MR) is 109 cm³/mol. The van der Waals surface area contributed by atoms with Crippen LogP contribution in [-0.2, 0) is 20.8 Å². The maximum atomic E-state index is 2.93. The van der Waals surface area contributed by atoms with E-state index in [-0.39, 0.29) is 3.17 Å². The van der Waals surface area contributed by atoms with Crippen molar-refractivity contribution in [2.24, 2.45) is 0 Å². The fourth-order valence-electron chi connectivity index (χ4n) is 5.01. The first-order valence-corrected chi connectivity index (χ1v) is 17.3. The molecule has 0 unspecified atom stereocenters. The third-order valence-electron chi connectivity index (χ3n) is 6.08. The predicted octanol–water partition coefficient (Wildman–Crippen LogP) is 5.39. The summed E-state index contributed by atoms with van der Waals surface area (Å²) in [6.07, 6.45) is 13.8. The summed E-state index contributed by atoms with van der Waals surface area (Å²) in [6, 6.07) is 0. The summed E-state index contributed by atoms with van der Waals surface area (Å²) >= 11 is -3.32. The van der Waals surface area contributed by atoms with E-state index in [1.807, 2.05) is 0 Å². The molecular weight excluding hydrogens is 473 g/mol. The van der Waals surface area contributed by atoms with Crippen LogP contribution in [0.1, 0.15) is 67.7 Å². The summed E-state index contributed by atoms with van der Waals surface area (Å²) in [6.45, 7) is 23.6. The third-order valence-corrected chi connectivity index (χ3v) is 29.0. The topological polar surface area (TPSA) is 9.72 Å². The van der Waals surface area contributed by atoms with E-state index in [2.05, 4.69) is 81.4 Å². The van der Waals surface area contributed by atoms with Crippen LogP contribution in [-0.4, -0.2) is 47.9 Å². The van der Waals surface area contributed by atoms with Gasteiger partial charge in [-0.3, -0.25) is 0 Å². The molecule has 0 aromatic carbocycles. The van der Waals surface area contributed by atoms with Gasteiger partial charge >= 0.3 is 164 Å². The molecule has 0 N–H and O–H groups in total. The monoisotopic (exact) mass is 517 g/mol. The molecule has 0 spiro atoms. The van der Waals surface area contributed by atoms with E-state index in [0.29, 0.717) is 0 Å². The van der Waals surface area contributed by atoms with Crippen molar-refractivity contribution in [2.45, 2.75) is 70.9 Å². The first kappa shape index (κ1) is 23.3. The zero-order chi connectivity index (χ0) is 18.9. The molecule has 0 atom stereocenters. The third kappa shape index (κ3) is 4.23. The van der Waals surface area contributed by atoms with Crippen LogP contribution >= 0.6 is 0 Å². The number of hydrogen-bond acceptors (Lipinski definition) is 3. The van der Waals surface area contributed by atoms with Gasteiger partial charge in [-0.05, 0) is 0 Å². The molecule has 146 valence electrons. The van der Waals surface area contributed by atoms with Crippen LogP contribution in [0.3, 0.4) is 0 Å². The van der Waals surface area contributed by atoms with E-state index >= 15 is 0 Å². The van der Waals surface area contributed by atoms with Gasteiger partial charge in [0, 0.05) is 0 Å². The molecule has 3 nitrogen and oxygen atoms in total. The van der Waals surface area contributed by atoms with Gasteiger partial charge in [-0.25, -0.2) is 0 Å². The molecule has 4 heteroatoms. The van der Waals surface area contributed by atoms with Crippen LogP contribution in [0.5, 0.6) is 0 Å². The second-order valence-electron chi connectivity index (χ2n) is 7.01. The second kappa shape index (κ2) is 11.2. The van der Waals surface area contributed by atoms with E-state index in [4.69, 9.17) is 0 Å². The van der Waals surface area contributed by atoms with Crippen molar-refractivity contribution >= 4 is 0 Å². The van der Waals surface area contributed by atoms with E-state index in [1.165, 1.54) is 58.5 Å². The maximum absolute atomic E-state index is 3.32. The molecule has 1 aliphatic carbocycles. The number of rotatable bonds is 13. The molecule has 0 heterocycles. The summed E-state index contributed by atoms with van der Waals surface area (Å²) < 4.78 is 9.07. The Kier molecular flexibility index (Phi) is 10.4. The standard InChI is InChI=1S/C9H13.3C4H10N.Hf/c1-2-3-6-9-7-4-5-8-9;3*1-3-5-4-2;/h4-5,7-8H,2-3,6H2,1H3;3*3-4H2,1-2H3;/q;3*-1;+3. The number of allylic oxidation sites excluding steroid dienone is 4. The van der Waals surface area contributed by atoms with Crippen LogP contribution < -0.4 is 0 Å². The zero-order valence-electron chi connectivity index (χ0n) is 18.0. The molecule has 0 aromatic heterocycles. The van der Waals surface area contributed by atoms with Gasteiger partial charge in [0.05, 0.1) is 0 Å². The first-order chi connectivity index (χ1) is 12.1. The zero-order valence-corrected chi connectivity index (χ0v) is 21.6. The van der Waals surface area contributed by atoms with Gasteiger partial charge in [-0.15, -0.1) is 0 Å². The summed E-state index contributed by atoms with van der Waals surface area (Å²) in [7, 11) is 0. The summed E-state index contributed by atoms with van der Waals surface area (Å²) in [5, 5.41) is 0. The Bertz CT molecular complexity index is 378. The summed E-state index contributed by atoms with van der Waals surface area (Å²) in [4.78, 5) is 0. The van der Waals surface area contributed by atoms with Gasteiger partial charge in [0.25, 0.3) is 0 Å². The molecule has 0 saturated heterocycles. The van der Waals surface area contributed by atoms with Crippen molar-refractivity contribution in [3.63, 3.8) is 0 Å². The molecule has 0 aromatic rings. The van der Waals surface area contributed by atoms with Gasteiger partial charge in [-0.2, -0.15) is 0 Å². The Morgan fingerprint density at radius 2 is 1.00 bits per heavy atom. The van der Waals surface area contributed by atoms with Gasteiger partial charge in [-0.1, -0.05) is 0 Å². The van der Waals surface area contributed by atoms with E-state index in [0.717, 1.165) is 0 Å². The Morgan fingerprint density at radius 1 is 0.640 bits per heavy atom. The van der Waals surface area contributed by atoms with Crippen LogP contribution in [0, 0.1) is 0 Å². The molecule has 1 aliphatic rings. The summed E-state index contributed by atoms with van der Waals surface area (Å²) in [5.74, 6) is 0.